The van der Waals surface area contributed by atoms with E-state index in [-0.39, 0.29) is 42.5 Å². The van der Waals surface area contributed by atoms with E-state index in [4.69, 9.17) is 4.74 Å². The second kappa shape index (κ2) is 13.5. The first-order chi connectivity index (χ1) is 13.8. The van der Waals surface area contributed by atoms with Gasteiger partial charge in [-0.15, -0.1) is 35.3 Å². The Morgan fingerprint density at radius 1 is 1.17 bits per heavy atom. The number of nitrogens with one attached hydrogen (secondary N) is 2. The van der Waals surface area contributed by atoms with Crippen LogP contribution in [0.1, 0.15) is 37.3 Å². The number of likely N-dealkylation sites (N-methyl/N-ethyl adjacent to an activating group) is 1. The van der Waals surface area contributed by atoms with Gasteiger partial charge in [0.05, 0.1) is 19.2 Å². The number of hydrogen-bond acceptors (Lipinski definition) is 4. The van der Waals surface area contributed by atoms with Crippen molar-refractivity contribution in [3.63, 3.8) is 0 Å². The van der Waals surface area contributed by atoms with Gasteiger partial charge in [-0.1, -0.05) is 32.0 Å². The molecule has 1 heterocycles. The maximum Gasteiger partial charge on any atom is 0.243 e. The molecule has 0 bridgehead atoms. The topological polar surface area (TPSA) is 66.0 Å². The molecule has 0 saturated carbocycles. The molecular formula is C22H33IN4O2S. The van der Waals surface area contributed by atoms with E-state index in [0.717, 1.165) is 11.3 Å². The zero-order chi connectivity index (χ0) is 21.2. The third-order valence-corrected chi connectivity index (χ3v) is 5.07. The number of hydrogen-bond donors (Lipinski definition) is 2. The van der Waals surface area contributed by atoms with Gasteiger partial charge < -0.3 is 20.3 Å². The number of nitrogens with zero attached hydrogens (tertiary/aromatic N) is 2. The number of thiophene rings is 1. The van der Waals surface area contributed by atoms with Crippen LogP contribution >= 0.6 is 35.3 Å². The molecule has 1 amide bonds. The molecule has 2 aromatic rings. The van der Waals surface area contributed by atoms with Gasteiger partial charge in [0.25, 0.3) is 0 Å². The van der Waals surface area contributed by atoms with Gasteiger partial charge in [0.2, 0.25) is 5.91 Å². The summed E-state index contributed by atoms with van der Waals surface area (Å²) >= 11 is 1.68. The van der Waals surface area contributed by atoms with Crippen molar-refractivity contribution in [1.29, 1.82) is 0 Å². The lowest BCUT2D eigenvalue weighted by Gasteiger charge is -2.19. The number of amides is 1. The standard InChI is InChI=1S/C22H32N4O2S.HI/c1-16(2)15-28-19-10-8-18(9-11-19)17(3)25-22(24-14-21(27)26(4)5)23-13-20-7-6-12-29-20;/h6-12,16-17H,13-15H2,1-5H3,(H2,23,24,25);1H. The second-order valence-electron chi connectivity index (χ2n) is 7.53. The summed E-state index contributed by atoms with van der Waals surface area (Å²) in [6, 6.07) is 12.2. The molecule has 0 aliphatic rings. The first-order valence-corrected chi connectivity index (χ1v) is 10.7. The number of guanidine groups is 1. The average Bonchev–Trinajstić information content (AvgIpc) is 3.22. The fourth-order valence-electron chi connectivity index (χ4n) is 2.43. The maximum absolute atomic E-state index is 11.9. The van der Waals surface area contributed by atoms with Crippen LogP contribution in [0.5, 0.6) is 5.75 Å². The highest BCUT2D eigenvalue weighted by Crippen LogP contribution is 2.18. The Morgan fingerprint density at radius 2 is 1.87 bits per heavy atom. The lowest BCUT2D eigenvalue weighted by molar-refractivity contribution is -0.127. The van der Waals surface area contributed by atoms with E-state index < -0.39 is 0 Å². The van der Waals surface area contributed by atoms with Crippen LogP contribution in [-0.2, 0) is 11.3 Å². The van der Waals surface area contributed by atoms with E-state index in [0.29, 0.717) is 25.0 Å². The summed E-state index contributed by atoms with van der Waals surface area (Å²) in [6.07, 6.45) is 0. The van der Waals surface area contributed by atoms with Crippen molar-refractivity contribution in [2.45, 2.75) is 33.4 Å². The molecule has 0 spiro atoms. The summed E-state index contributed by atoms with van der Waals surface area (Å²) in [5.41, 5.74) is 1.12. The Hall–Kier alpha value is -1.81. The van der Waals surface area contributed by atoms with Crippen LogP contribution in [0.2, 0.25) is 0 Å². The van der Waals surface area contributed by atoms with Gasteiger partial charge in [-0.05, 0) is 42.0 Å². The number of aliphatic imine (C=N–C) groups is 1. The predicted octanol–water partition coefficient (Wildman–Crippen LogP) is 4.29. The van der Waals surface area contributed by atoms with E-state index >= 15 is 0 Å². The molecular weight excluding hydrogens is 511 g/mol. The van der Waals surface area contributed by atoms with Crippen molar-refractivity contribution < 1.29 is 9.53 Å². The van der Waals surface area contributed by atoms with Crippen molar-refractivity contribution >= 4 is 47.2 Å². The summed E-state index contributed by atoms with van der Waals surface area (Å²) in [5.74, 6) is 1.94. The van der Waals surface area contributed by atoms with E-state index in [1.807, 2.05) is 23.6 Å². The maximum atomic E-state index is 11.9. The molecule has 1 atom stereocenters. The fourth-order valence-corrected chi connectivity index (χ4v) is 3.07. The quantitative estimate of drug-likeness (QED) is 0.281. The first-order valence-electron chi connectivity index (χ1n) is 9.85. The molecule has 0 aliphatic heterocycles. The van der Waals surface area contributed by atoms with Gasteiger partial charge in [0, 0.05) is 19.0 Å². The normalized spacial score (nSPS) is 12.1. The summed E-state index contributed by atoms with van der Waals surface area (Å²) in [6.45, 7) is 7.79. The zero-order valence-corrected chi connectivity index (χ0v) is 21.5. The van der Waals surface area contributed by atoms with Gasteiger partial charge in [-0.25, -0.2) is 4.99 Å². The predicted molar refractivity (Wildman–Crippen MR) is 136 cm³/mol. The minimum atomic E-state index is -0.0402. The van der Waals surface area contributed by atoms with E-state index in [1.54, 1.807) is 30.3 Å². The van der Waals surface area contributed by atoms with E-state index in [9.17, 15) is 4.79 Å². The monoisotopic (exact) mass is 544 g/mol. The minimum absolute atomic E-state index is 0. The van der Waals surface area contributed by atoms with Crippen LogP contribution < -0.4 is 15.4 Å². The Balaban J connectivity index is 0.00000450. The number of rotatable bonds is 9. The number of halogens is 1. The minimum Gasteiger partial charge on any atom is -0.493 e. The van der Waals surface area contributed by atoms with Gasteiger partial charge >= 0.3 is 0 Å². The van der Waals surface area contributed by atoms with Gasteiger partial charge in [-0.2, -0.15) is 0 Å². The van der Waals surface area contributed by atoms with Crippen LogP contribution in [0.25, 0.3) is 0 Å². The highest BCUT2D eigenvalue weighted by Gasteiger charge is 2.10. The van der Waals surface area contributed by atoms with Crippen molar-refractivity contribution in [3.05, 3.63) is 52.2 Å². The molecule has 1 aromatic heterocycles. The zero-order valence-electron chi connectivity index (χ0n) is 18.3. The SMILES string of the molecule is CC(C)COc1ccc(C(C)NC(=NCC(=O)N(C)C)NCc2cccs2)cc1.I. The largest absolute Gasteiger partial charge is 0.493 e. The number of carbonyl (C=O) groups excluding carboxylic acids is 1. The van der Waals surface area contributed by atoms with Gasteiger partial charge in [0.15, 0.2) is 5.96 Å². The molecule has 166 valence electrons. The Labute approximate surface area is 201 Å². The molecule has 2 N–H and O–H groups in total. The molecule has 30 heavy (non-hydrogen) atoms. The van der Waals surface area contributed by atoms with Gasteiger partial charge in [0.1, 0.15) is 12.3 Å². The van der Waals surface area contributed by atoms with E-state index in [1.165, 1.54) is 4.88 Å². The number of ether oxygens (including phenoxy) is 1. The van der Waals surface area contributed by atoms with Crippen molar-refractivity contribution in [2.24, 2.45) is 10.9 Å². The second-order valence-corrected chi connectivity index (χ2v) is 8.56. The molecule has 0 fully saturated rings. The van der Waals surface area contributed by atoms with E-state index in [2.05, 4.69) is 54.6 Å². The lowest BCUT2D eigenvalue weighted by atomic mass is 10.1. The molecule has 2 rings (SSSR count). The third-order valence-electron chi connectivity index (χ3n) is 4.20. The van der Waals surface area contributed by atoms with Crippen LogP contribution in [0.4, 0.5) is 0 Å². The molecule has 8 heteroatoms. The Morgan fingerprint density at radius 3 is 2.43 bits per heavy atom. The van der Waals surface area contributed by atoms with Crippen molar-refractivity contribution in [3.8, 4) is 5.75 Å². The molecule has 0 radical (unpaired) electrons. The number of benzene rings is 1. The highest BCUT2D eigenvalue weighted by atomic mass is 127. The molecule has 1 aromatic carbocycles. The molecule has 0 aliphatic carbocycles. The van der Waals surface area contributed by atoms with Crippen LogP contribution in [0.3, 0.4) is 0 Å². The summed E-state index contributed by atoms with van der Waals surface area (Å²) in [5, 5.41) is 8.75. The highest BCUT2D eigenvalue weighted by molar-refractivity contribution is 14.0. The lowest BCUT2D eigenvalue weighted by Crippen LogP contribution is -2.39. The van der Waals surface area contributed by atoms with Gasteiger partial charge in [-0.3, -0.25) is 4.79 Å². The molecule has 6 nitrogen and oxygen atoms in total. The summed E-state index contributed by atoms with van der Waals surface area (Å²) in [4.78, 5) is 19.1. The van der Waals surface area contributed by atoms with Crippen molar-refractivity contribution in [2.75, 3.05) is 27.2 Å². The molecule has 0 saturated heterocycles. The van der Waals surface area contributed by atoms with Crippen LogP contribution in [0, 0.1) is 5.92 Å². The first kappa shape index (κ1) is 26.2. The fraction of sp³-hybridized carbons (Fsp3) is 0.455. The Kier molecular flexibility index (Phi) is 11.8. The average molecular weight is 545 g/mol. The third kappa shape index (κ3) is 9.34. The molecule has 1 unspecified atom stereocenters. The van der Waals surface area contributed by atoms with Crippen LogP contribution in [-0.4, -0.2) is 44.0 Å². The number of carbonyl (C=O) groups is 1. The summed E-state index contributed by atoms with van der Waals surface area (Å²) in [7, 11) is 3.46. The smallest absolute Gasteiger partial charge is 0.243 e. The van der Waals surface area contributed by atoms with Crippen molar-refractivity contribution in [1.82, 2.24) is 15.5 Å². The van der Waals surface area contributed by atoms with Crippen LogP contribution in [0.15, 0.2) is 46.8 Å². The summed E-state index contributed by atoms with van der Waals surface area (Å²) < 4.78 is 5.75. The Bertz CT molecular complexity index is 777.